The van der Waals surface area contributed by atoms with Gasteiger partial charge in [-0.1, -0.05) is 0 Å². The van der Waals surface area contributed by atoms with E-state index < -0.39 is 0 Å². The van der Waals surface area contributed by atoms with Gasteiger partial charge in [0.15, 0.2) is 0 Å². The second-order valence-electron chi connectivity index (χ2n) is 6.59. The van der Waals surface area contributed by atoms with Crippen LogP contribution in [0.1, 0.15) is 15.4 Å². The van der Waals surface area contributed by atoms with Crippen molar-refractivity contribution in [3.63, 3.8) is 0 Å². The van der Waals surface area contributed by atoms with Crippen molar-refractivity contribution < 1.29 is 9.18 Å². The van der Waals surface area contributed by atoms with Crippen molar-refractivity contribution in [1.82, 2.24) is 19.8 Å². The summed E-state index contributed by atoms with van der Waals surface area (Å²) >= 11 is 4.96. The zero-order valence-corrected chi connectivity index (χ0v) is 17.4. The molecule has 8 heteroatoms. The van der Waals surface area contributed by atoms with E-state index in [2.05, 4.69) is 30.8 Å². The third-order valence-electron chi connectivity index (χ3n) is 4.66. The largest absolute Gasteiger partial charge is 0.336 e. The van der Waals surface area contributed by atoms with Crippen LogP contribution in [-0.4, -0.2) is 51.9 Å². The quantitative estimate of drug-likeness (QED) is 0.588. The van der Waals surface area contributed by atoms with E-state index in [-0.39, 0.29) is 11.7 Å². The Labute approximate surface area is 175 Å². The van der Waals surface area contributed by atoms with Crippen molar-refractivity contribution in [2.24, 2.45) is 0 Å². The van der Waals surface area contributed by atoms with Gasteiger partial charge in [0.05, 0.1) is 17.8 Å². The molecule has 0 bridgehead atoms. The van der Waals surface area contributed by atoms with Crippen LogP contribution in [0.25, 0.3) is 11.3 Å². The number of hydrogen-bond donors (Lipinski definition) is 0. The highest BCUT2D eigenvalue weighted by molar-refractivity contribution is 9.10. The van der Waals surface area contributed by atoms with Gasteiger partial charge in [-0.2, -0.15) is 0 Å². The van der Waals surface area contributed by atoms with Crippen LogP contribution < -0.4 is 0 Å². The normalized spacial score (nSPS) is 15.0. The van der Waals surface area contributed by atoms with E-state index in [9.17, 15) is 9.18 Å². The second kappa shape index (κ2) is 8.46. The van der Waals surface area contributed by atoms with E-state index in [0.717, 1.165) is 40.4 Å². The van der Waals surface area contributed by atoms with E-state index in [0.29, 0.717) is 18.7 Å². The number of thiazole rings is 1. The molecule has 2 aromatic heterocycles. The van der Waals surface area contributed by atoms with Crippen LogP contribution in [0, 0.1) is 5.82 Å². The van der Waals surface area contributed by atoms with E-state index in [4.69, 9.17) is 0 Å². The first-order valence-electron chi connectivity index (χ1n) is 8.91. The molecule has 0 saturated carbocycles. The van der Waals surface area contributed by atoms with Crippen LogP contribution >= 0.6 is 27.3 Å². The van der Waals surface area contributed by atoms with Crippen molar-refractivity contribution in [3.05, 3.63) is 69.0 Å². The molecule has 1 fully saturated rings. The number of hydrogen-bond acceptors (Lipinski definition) is 5. The molecule has 1 aliphatic rings. The molecular formula is C20H18BrFN4OS. The van der Waals surface area contributed by atoms with Gasteiger partial charge >= 0.3 is 0 Å². The Bertz CT molecular complexity index is 970. The lowest BCUT2D eigenvalue weighted by Gasteiger charge is -2.34. The molecule has 0 N–H and O–H groups in total. The minimum absolute atomic E-state index is 0.0151. The molecule has 1 aromatic carbocycles. The Hall–Kier alpha value is -2.16. The summed E-state index contributed by atoms with van der Waals surface area (Å²) in [7, 11) is 0. The number of pyridine rings is 1. The van der Waals surface area contributed by atoms with Gasteiger partial charge in [0.25, 0.3) is 5.91 Å². The van der Waals surface area contributed by atoms with Gasteiger partial charge < -0.3 is 4.90 Å². The van der Waals surface area contributed by atoms with E-state index in [1.54, 1.807) is 41.9 Å². The molecule has 1 saturated heterocycles. The highest BCUT2D eigenvalue weighted by Crippen LogP contribution is 2.23. The van der Waals surface area contributed by atoms with E-state index >= 15 is 0 Å². The van der Waals surface area contributed by atoms with Gasteiger partial charge in [-0.3, -0.25) is 14.7 Å². The number of benzene rings is 1. The van der Waals surface area contributed by atoms with Crippen LogP contribution in [0.5, 0.6) is 0 Å². The van der Waals surface area contributed by atoms with Gasteiger partial charge in [0.1, 0.15) is 10.8 Å². The average Bonchev–Trinajstić information content (AvgIpc) is 3.17. The van der Waals surface area contributed by atoms with E-state index in [1.807, 2.05) is 10.3 Å². The van der Waals surface area contributed by atoms with Gasteiger partial charge in [0.2, 0.25) is 0 Å². The number of aromatic nitrogens is 2. The van der Waals surface area contributed by atoms with Gasteiger partial charge in [-0.15, -0.1) is 11.3 Å². The summed E-state index contributed by atoms with van der Waals surface area (Å²) < 4.78 is 13.9. The number of nitrogens with zero attached hydrogens (tertiary/aromatic N) is 4. The average molecular weight is 461 g/mol. The maximum absolute atomic E-state index is 13.1. The number of amides is 1. The van der Waals surface area contributed by atoms with E-state index in [1.165, 1.54) is 12.1 Å². The second-order valence-corrected chi connectivity index (χ2v) is 8.45. The number of carbonyl (C=O) groups is 1. The number of carbonyl (C=O) groups excluding carboxylic acids is 1. The fourth-order valence-electron chi connectivity index (χ4n) is 3.15. The minimum Gasteiger partial charge on any atom is -0.336 e. The maximum Gasteiger partial charge on any atom is 0.255 e. The molecule has 0 atom stereocenters. The summed E-state index contributed by atoms with van der Waals surface area (Å²) in [4.78, 5) is 25.5. The van der Waals surface area contributed by atoms with Crippen LogP contribution in [0.4, 0.5) is 4.39 Å². The zero-order valence-electron chi connectivity index (χ0n) is 15.0. The molecule has 5 nitrogen and oxygen atoms in total. The van der Waals surface area contributed by atoms with Crippen LogP contribution in [0.3, 0.4) is 0 Å². The number of halogens is 2. The molecule has 3 heterocycles. The molecular weight excluding hydrogens is 443 g/mol. The van der Waals surface area contributed by atoms with Gasteiger partial charge in [-0.05, 0) is 46.3 Å². The number of rotatable bonds is 4. The van der Waals surface area contributed by atoms with Gasteiger partial charge in [0, 0.05) is 54.0 Å². The summed E-state index contributed by atoms with van der Waals surface area (Å²) in [6, 6.07) is 8.19. The SMILES string of the molecule is O=C(c1cncc(Br)c1)N1CCN(Cc2nc(-c3ccc(F)cc3)cs2)CC1. The fraction of sp³-hybridized carbons (Fsp3) is 0.250. The maximum atomic E-state index is 13.1. The Morgan fingerprint density at radius 1 is 1.14 bits per heavy atom. The first-order chi connectivity index (χ1) is 13.6. The Morgan fingerprint density at radius 2 is 1.89 bits per heavy atom. The fourth-order valence-corrected chi connectivity index (χ4v) is 4.36. The summed E-state index contributed by atoms with van der Waals surface area (Å²) in [6.45, 7) is 3.73. The standard InChI is InChI=1S/C20H18BrFN4OS/c21-16-9-15(10-23-11-16)20(27)26-7-5-25(6-8-26)12-19-24-18(13-28-19)14-1-3-17(22)4-2-14/h1-4,9-11,13H,5-8,12H2. The summed E-state index contributed by atoms with van der Waals surface area (Å²) in [5.74, 6) is -0.230. The molecule has 4 rings (SSSR count). The third kappa shape index (κ3) is 4.45. The lowest BCUT2D eigenvalue weighted by Crippen LogP contribution is -2.48. The molecule has 28 heavy (non-hydrogen) atoms. The Balaban J connectivity index is 1.33. The monoisotopic (exact) mass is 460 g/mol. The highest BCUT2D eigenvalue weighted by atomic mass is 79.9. The highest BCUT2D eigenvalue weighted by Gasteiger charge is 2.23. The predicted octanol–water partition coefficient (Wildman–Crippen LogP) is 4.06. The first kappa shape index (κ1) is 19.2. The minimum atomic E-state index is -0.245. The smallest absolute Gasteiger partial charge is 0.255 e. The topological polar surface area (TPSA) is 49.3 Å². The first-order valence-corrected chi connectivity index (χ1v) is 10.6. The summed E-state index contributed by atoms with van der Waals surface area (Å²) in [5, 5.41) is 3.03. The lowest BCUT2D eigenvalue weighted by atomic mass is 10.2. The Kier molecular flexibility index (Phi) is 5.79. The summed E-state index contributed by atoms with van der Waals surface area (Å²) in [5.41, 5.74) is 2.39. The molecule has 0 unspecified atom stereocenters. The lowest BCUT2D eigenvalue weighted by molar-refractivity contribution is 0.0628. The van der Waals surface area contributed by atoms with Crippen LogP contribution in [0.2, 0.25) is 0 Å². The molecule has 1 amide bonds. The van der Waals surface area contributed by atoms with Crippen molar-refractivity contribution in [2.75, 3.05) is 26.2 Å². The zero-order chi connectivity index (χ0) is 19.5. The van der Waals surface area contributed by atoms with Crippen molar-refractivity contribution >= 4 is 33.2 Å². The molecule has 144 valence electrons. The molecule has 1 aliphatic heterocycles. The van der Waals surface area contributed by atoms with Crippen molar-refractivity contribution in [2.45, 2.75) is 6.54 Å². The molecule has 0 spiro atoms. The van der Waals surface area contributed by atoms with Gasteiger partial charge in [-0.25, -0.2) is 9.37 Å². The van der Waals surface area contributed by atoms with Crippen molar-refractivity contribution in [1.29, 1.82) is 0 Å². The molecule has 0 aliphatic carbocycles. The summed E-state index contributed by atoms with van der Waals surface area (Å²) in [6.07, 6.45) is 3.27. The van der Waals surface area contributed by atoms with Crippen molar-refractivity contribution in [3.8, 4) is 11.3 Å². The Morgan fingerprint density at radius 3 is 2.61 bits per heavy atom. The third-order valence-corrected chi connectivity index (χ3v) is 5.93. The molecule has 0 radical (unpaired) electrons. The predicted molar refractivity (Wildman–Crippen MR) is 111 cm³/mol. The number of piperazine rings is 1. The van der Waals surface area contributed by atoms with Crippen LogP contribution in [0.15, 0.2) is 52.6 Å². The molecule has 3 aromatic rings. The van der Waals surface area contributed by atoms with Crippen LogP contribution in [-0.2, 0) is 6.54 Å².